The SMILES string of the molecule is O=[N+]([O-])c1cc([N+](=O)[O-])c(Nc2c(Cl)cc(Cl)cc2[N+](=O)[O-])c([N+](=O)[O-])c1. The first-order chi connectivity index (χ1) is 12.5. The third-order valence-electron chi connectivity index (χ3n) is 3.17. The zero-order valence-corrected chi connectivity index (χ0v) is 14.1. The summed E-state index contributed by atoms with van der Waals surface area (Å²) < 4.78 is 0. The van der Waals surface area contributed by atoms with Gasteiger partial charge in [-0.05, 0) is 6.07 Å². The van der Waals surface area contributed by atoms with Crippen LogP contribution in [0.15, 0.2) is 24.3 Å². The predicted molar refractivity (Wildman–Crippen MR) is 92.8 cm³/mol. The molecule has 0 aliphatic rings. The van der Waals surface area contributed by atoms with Gasteiger partial charge >= 0.3 is 11.4 Å². The van der Waals surface area contributed by atoms with Crippen LogP contribution in [0.4, 0.5) is 34.1 Å². The topological polar surface area (TPSA) is 185 Å². The van der Waals surface area contributed by atoms with Crippen LogP contribution in [0.2, 0.25) is 10.0 Å². The number of rotatable bonds is 6. The number of nitrogens with zero attached hydrogens (tertiary/aromatic N) is 4. The number of hydrogen-bond acceptors (Lipinski definition) is 9. The standard InChI is InChI=1S/C12H5Cl2N5O8/c13-5-1-7(14)11(8(2-5)17(22)23)15-12-9(18(24)25)3-6(16(20)21)4-10(12)19(26)27/h1-4,15H. The average Bonchev–Trinajstić information content (AvgIpc) is 2.55. The van der Waals surface area contributed by atoms with Gasteiger partial charge in [-0.15, -0.1) is 0 Å². The number of non-ortho nitro benzene ring substituents is 1. The van der Waals surface area contributed by atoms with Gasteiger partial charge in [0.15, 0.2) is 5.69 Å². The molecule has 0 aliphatic heterocycles. The molecule has 0 bridgehead atoms. The van der Waals surface area contributed by atoms with Crippen molar-refractivity contribution < 1.29 is 19.7 Å². The van der Waals surface area contributed by atoms with Crippen LogP contribution in [0.3, 0.4) is 0 Å². The van der Waals surface area contributed by atoms with Crippen molar-refractivity contribution in [1.29, 1.82) is 0 Å². The number of hydrogen-bond donors (Lipinski definition) is 1. The number of nitro groups is 4. The van der Waals surface area contributed by atoms with Crippen LogP contribution in [0.5, 0.6) is 0 Å². The predicted octanol–water partition coefficient (Wildman–Crippen LogP) is 4.37. The van der Waals surface area contributed by atoms with Crippen molar-refractivity contribution in [2.45, 2.75) is 0 Å². The van der Waals surface area contributed by atoms with Gasteiger partial charge in [0.25, 0.3) is 11.4 Å². The van der Waals surface area contributed by atoms with Gasteiger partial charge in [-0.3, -0.25) is 40.5 Å². The molecule has 0 radical (unpaired) electrons. The molecule has 0 atom stereocenters. The van der Waals surface area contributed by atoms with Crippen LogP contribution in [-0.2, 0) is 0 Å². The van der Waals surface area contributed by atoms with Crippen LogP contribution in [-0.4, -0.2) is 19.7 Å². The monoisotopic (exact) mass is 417 g/mol. The lowest BCUT2D eigenvalue weighted by Crippen LogP contribution is -2.05. The molecule has 0 aromatic heterocycles. The Balaban J connectivity index is 2.80. The van der Waals surface area contributed by atoms with Gasteiger partial charge in [-0.2, -0.15) is 0 Å². The quantitative estimate of drug-likeness (QED) is 0.525. The van der Waals surface area contributed by atoms with Crippen molar-refractivity contribution in [2.75, 3.05) is 5.32 Å². The molecule has 27 heavy (non-hydrogen) atoms. The Kier molecular flexibility index (Phi) is 5.37. The van der Waals surface area contributed by atoms with E-state index < -0.39 is 53.8 Å². The lowest BCUT2D eigenvalue weighted by atomic mass is 10.2. The highest BCUT2D eigenvalue weighted by Gasteiger charge is 2.32. The summed E-state index contributed by atoms with van der Waals surface area (Å²) in [6.45, 7) is 0. The summed E-state index contributed by atoms with van der Waals surface area (Å²) in [5.41, 5.74) is -5.04. The molecule has 140 valence electrons. The maximum Gasteiger partial charge on any atom is 0.306 e. The Morgan fingerprint density at radius 3 is 1.52 bits per heavy atom. The second kappa shape index (κ2) is 7.35. The van der Waals surface area contributed by atoms with Crippen LogP contribution < -0.4 is 5.32 Å². The van der Waals surface area contributed by atoms with Gasteiger partial charge in [0.05, 0.1) is 36.8 Å². The van der Waals surface area contributed by atoms with E-state index in [0.717, 1.165) is 12.1 Å². The van der Waals surface area contributed by atoms with Crippen molar-refractivity contribution in [2.24, 2.45) is 0 Å². The fourth-order valence-corrected chi connectivity index (χ4v) is 2.60. The molecule has 0 unspecified atom stereocenters. The summed E-state index contributed by atoms with van der Waals surface area (Å²) in [5, 5.41) is 46.3. The lowest BCUT2D eigenvalue weighted by molar-refractivity contribution is -0.401. The number of anilines is 2. The van der Waals surface area contributed by atoms with E-state index in [1.54, 1.807) is 0 Å². The summed E-state index contributed by atoms with van der Waals surface area (Å²) in [6.07, 6.45) is 0. The van der Waals surface area contributed by atoms with E-state index in [-0.39, 0.29) is 10.0 Å². The first kappa shape index (κ1) is 19.7. The first-order valence-corrected chi connectivity index (χ1v) is 7.30. The molecule has 0 aliphatic carbocycles. The van der Waals surface area contributed by atoms with Gasteiger partial charge in [-0.1, -0.05) is 23.2 Å². The van der Waals surface area contributed by atoms with Gasteiger partial charge in [0.2, 0.25) is 0 Å². The Bertz CT molecular complexity index is 977. The number of nitrogens with one attached hydrogen (secondary N) is 1. The maximum atomic E-state index is 11.3. The van der Waals surface area contributed by atoms with Gasteiger partial charge in [0, 0.05) is 11.1 Å². The minimum Gasteiger partial charge on any atom is -0.337 e. The molecule has 15 heteroatoms. The van der Waals surface area contributed by atoms with Crippen molar-refractivity contribution >= 4 is 57.3 Å². The molecule has 2 aromatic rings. The van der Waals surface area contributed by atoms with Crippen molar-refractivity contribution in [3.8, 4) is 0 Å². The second-order valence-corrected chi connectivity index (χ2v) is 5.64. The summed E-state index contributed by atoms with van der Waals surface area (Å²) in [7, 11) is 0. The maximum absolute atomic E-state index is 11.3. The Morgan fingerprint density at radius 1 is 0.667 bits per heavy atom. The molecule has 0 saturated carbocycles. The van der Waals surface area contributed by atoms with Crippen molar-refractivity contribution in [3.05, 3.63) is 74.8 Å². The number of benzene rings is 2. The Labute approximate surface area is 157 Å². The molecular weight excluding hydrogens is 413 g/mol. The number of nitro benzene ring substituents is 4. The first-order valence-electron chi connectivity index (χ1n) is 6.54. The summed E-state index contributed by atoms with van der Waals surface area (Å²) >= 11 is 11.6. The molecular formula is C12H5Cl2N5O8. The molecule has 13 nitrogen and oxygen atoms in total. The molecule has 0 heterocycles. The average molecular weight is 418 g/mol. The highest BCUT2D eigenvalue weighted by Crippen LogP contribution is 2.44. The third-order valence-corrected chi connectivity index (χ3v) is 3.68. The van der Waals surface area contributed by atoms with Crippen LogP contribution >= 0.6 is 23.2 Å². The van der Waals surface area contributed by atoms with E-state index in [2.05, 4.69) is 5.32 Å². The van der Waals surface area contributed by atoms with E-state index in [9.17, 15) is 40.5 Å². The number of halogens is 2. The second-order valence-electron chi connectivity index (χ2n) is 4.79. The van der Waals surface area contributed by atoms with Crippen molar-refractivity contribution in [3.63, 3.8) is 0 Å². The molecule has 2 aromatic carbocycles. The zero-order valence-electron chi connectivity index (χ0n) is 12.6. The zero-order chi connectivity index (χ0) is 20.5. The van der Waals surface area contributed by atoms with Crippen molar-refractivity contribution in [1.82, 2.24) is 0 Å². The smallest absolute Gasteiger partial charge is 0.306 e. The molecule has 0 fully saturated rings. The van der Waals surface area contributed by atoms with Gasteiger partial charge < -0.3 is 5.32 Å². The molecule has 0 amide bonds. The lowest BCUT2D eigenvalue weighted by Gasteiger charge is -2.10. The Morgan fingerprint density at radius 2 is 1.11 bits per heavy atom. The summed E-state index contributed by atoms with van der Waals surface area (Å²) in [5.74, 6) is 0. The summed E-state index contributed by atoms with van der Waals surface area (Å²) in [6, 6.07) is 2.90. The van der Waals surface area contributed by atoms with E-state index in [0.29, 0.717) is 12.1 Å². The molecule has 0 saturated heterocycles. The Hall–Kier alpha value is -3.58. The third kappa shape index (κ3) is 3.99. The summed E-state index contributed by atoms with van der Waals surface area (Å²) in [4.78, 5) is 40.4. The van der Waals surface area contributed by atoms with Crippen LogP contribution in [0, 0.1) is 40.5 Å². The highest BCUT2D eigenvalue weighted by atomic mass is 35.5. The highest BCUT2D eigenvalue weighted by molar-refractivity contribution is 6.37. The van der Waals surface area contributed by atoms with E-state index >= 15 is 0 Å². The van der Waals surface area contributed by atoms with Crippen LogP contribution in [0.1, 0.15) is 0 Å². The fraction of sp³-hybridized carbons (Fsp3) is 0. The van der Waals surface area contributed by atoms with E-state index in [4.69, 9.17) is 23.2 Å². The minimum absolute atomic E-state index is 0.120. The fourth-order valence-electron chi connectivity index (χ4n) is 2.07. The van der Waals surface area contributed by atoms with E-state index in [1.165, 1.54) is 0 Å². The van der Waals surface area contributed by atoms with Crippen LogP contribution in [0.25, 0.3) is 0 Å². The molecule has 1 N–H and O–H groups in total. The molecule has 0 spiro atoms. The van der Waals surface area contributed by atoms with Gasteiger partial charge in [0.1, 0.15) is 5.69 Å². The largest absolute Gasteiger partial charge is 0.337 e. The van der Waals surface area contributed by atoms with E-state index in [1.807, 2.05) is 0 Å². The minimum atomic E-state index is -1.11. The molecule has 2 rings (SSSR count). The normalized spacial score (nSPS) is 10.3. The van der Waals surface area contributed by atoms with Gasteiger partial charge in [-0.25, -0.2) is 0 Å².